The number of benzene rings is 1. The second-order valence-electron chi connectivity index (χ2n) is 3.74. The molecule has 1 rings (SSSR count). The maximum Gasteiger partial charge on any atom is 0.124 e. The van der Waals surface area contributed by atoms with Crippen molar-refractivity contribution in [2.75, 3.05) is 6.61 Å². The summed E-state index contributed by atoms with van der Waals surface area (Å²) in [5, 5.41) is 9.93. The Morgan fingerprint density at radius 2 is 2.07 bits per heavy atom. The highest BCUT2D eigenvalue weighted by molar-refractivity contribution is 5.40. The van der Waals surface area contributed by atoms with E-state index in [0.717, 1.165) is 11.1 Å². The van der Waals surface area contributed by atoms with E-state index in [1.807, 2.05) is 32.0 Å². The molecule has 0 fully saturated rings. The predicted molar refractivity (Wildman–Crippen MR) is 60.8 cm³/mol. The molecule has 0 radical (unpaired) electrons. The van der Waals surface area contributed by atoms with Crippen LogP contribution in [0.2, 0.25) is 0 Å². The number of nitrogens with two attached hydrogens (primary N) is 1. The standard InChI is InChI=1S/C12H19NO2/c1-3-15-8-11-6-4-5-10(12(11)14)7-9(2)13/h4-6,9,14H,3,7-8,13H2,1-2H3. The molecule has 1 aromatic rings. The van der Waals surface area contributed by atoms with Crippen LogP contribution in [0.25, 0.3) is 0 Å². The van der Waals surface area contributed by atoms with Gasteiger partial charge in [-0.05, 0) is 25.8 Å². The summed E-state index contributed by atoms with van der Waals surface area (Å²) in [5.74, 6) is 0.322. The quantitative estimate of drug-likeness (QED) is 0.777. The molecule has 0 saturated heterocycles. The minimum atomic E-state index is 0.0539. The molecular formula is C12H19NO2. The van der Waals surface area contributed by atoms with Crippen LogP contribution in [0.4, 0.5) is 0 Å². The summed E-state index contributed by atoms with van der Waals surface area (Å²) in [6.45, 7) is 4.96. The van der Waals surface area contributed by atoms with Crippen LogP contribution < -0.4 is 5.73 Å². The van der Waals surface area contributed by atoms with Gasteiger partial charge in [0.15, 0.2) is 0 Å². The van der Waals surface area contributed by atoms with Crippen molar-refractivity contribution in [2.45, 2.75) is 32.9 Å². The molecule has 1 unspecified atom stereocenters. The van der Waals surface area contributed by atoms with Crippen LogP contribution in [0, 0.1) is 0 Å². The highest BCUT2D eigenvalue weighted by atomic mass is 16.5. The second kappa shape index (κ2) is 5.73. The minimum Gasteiger partial charge on any atom is -0.507 e. The van der Waals surface area contributed by atoms with Gasteiger partial charge in [0.1, 0.15) is 5.75 Å². The van der Waals surface area contributed by atoms with Crippen LogP contribution in [0.5, 0.6) is 5.75 Å². The first-order valence-electron chi connectivity index (χ1n) is 5.28. The van der Waals surface area contributed by atoms with Crippen LogP contribution >= 0.6 is 0 Å². The molecule has 0 aromatic heterocycles. The molecule has 1 aromatic carbocycles. The zero-order valence-electron chi connectivity index (χ0n) is 9.36. The number of rotatable bonds is 5. The number of phenolic OH excluding ortho intramolecular Hbond substituents is 1. The minimum absolute atomic E-state index is 0.0539. The van der Waals surface area contributed by atoms with Crippen molar-refractivity contribution < 1.29 is 9.84 Å². The molecule has 1 atom stereocenters. The third-order valence-corrected chi connectivity index (χ3v) is 2.21. The van der Waals surface area contributed by atoms with Gasteiger partial charge in [0.25, 0.3) is 0 Å². The van der Waals surface area contributed by atoms with Gasteiger partial charge in [0.05, 0.1) is 6.61 Å². The maximum absolute atomic E-state index is 9.93. The SMILES string of the molecule is CCOCc1cccc(CC(C)N)c1O. The summed E-state index contributed by atoms with van der Waals surface area (Å²) in [6, 6.07) is 5.74. The van der Waals surface area contributed by atoms with Gasteiger partial charge >= 0.3 is 0 Å². The first-order chi connectivity index (χ1) is 7.15. The fourth-order valence-electron chi connectivity index (χ4n) is 1.48. The maximum atomic E-state index is 9.93. The van der Waals surface area contributed by atoms with Crippen LogP contribution in [-0.4, -0.2) is 17.8 Å². The summed E-state index contributed by atoms with van der Waals surface area (Å²) in [5.41, 5.74) is 7.42. The monoisotopic (exact) mass is 209 g/mol. The summed E-state index contributed by atoms with van der Waals surface area (Å²) in [7, 11) is 0. The van der Waals surface area contributed by atoms with E-state index in [1.165, 1.54) is 0 Å². The molecule has 0 bridgehead atoms. The molecular weight excluding hydrogens is 190 g/mol. The van der Waals surface area contributed by atoms with Gasteiger partial charge in [0.2, 0.25) is 0 Å². The summed E-state index contributed by atoms with van der Waals surface area (Å²) in [6.07, 6.45) is 0.686. The number of para-hydroxylation sites is 1. The summed E-state index contributed by atoms with van der Waals surface area (Å²) in [4.78, 5) is 0. The predicted octanol–water partition coefficient (Wildman–Crippen LogP) is 1.82. The molecule has 0 saturated carbocycles. The Kier molecular flexibility index (Phi) is 4.59. The lowest BCUT2D eigenvalue weighted by atomic mass is 10.0. The number of ether oxygens (including phenoxy) is 1. The van der Waals surface area contributed by atoms with Crippen molar-refractivity contribution in [3.63, 3.8) is 0 Å². The Hall–Kier alpha value is -1.06. The van der Waals surface area contributed by atoms with E-state index >= 15 is 0 Å². The zero-order chi connectivity index (χ0) is 11.3. The molecule has 0 aliphatic rings. The van der Waals surface area contributed by atoms with Gasteiger partial charge in [-0.2, -0.15) is 0 Å². The normalized spacial score (nSPS) is 12.7. The zero-order valence-corrected chi connectivity index (χ0v) is 9.36. The van der Waals surface area contributed by atoms with E-state index in [2.05, 4.69) is 0 Å². The first kappa shape index (κ1) is 12.0. The van der Waals surface area contributed by atoms with Crippen molar-refractivity contribution in [3.05, 3.63) is 29.3 Å². The molecule has 0 spiro atoms. The Labute approximate surface area is 90.9 Å². The van der Waals surface area contributed by atoms with E-state index in [9.17, 15) is 5.11 Å². The van der Waals surface area contributed by atoms with Gasteiger partial charge in [-0.15, -0.1) is 0 Å². The molecule has 0 amide bonds. The molecule has 15 heavy (non-hydrogen) atoms. The average Bonchev–Trinajstić information content (AvgIpc) is 2.19. The lowest BCUT2D eigenvalue weighted by Crippen LogP contribution is -2.18. The second-order valence-corrected chi connectivity index (χ2v) is 3.74. The van der Waals surface area contributed by atoms with Gasteiger partial charge in [0, 0.05) is 18.2 Å². The third kappa shape index (κ3) is 3.53. The fraction of sp³-hybridized carbons (Fsp3) is 0.500. The van der Waals surface area contributed by atoms with E-state index in [-0.39, 0.29) is 6.04 Å². The van der Waals surface area contributed by atoms with E-state index in [1.54, 1.807) is 0 Å². The lowest BCUT2D eigenvalue weighted by molar-refractivity contribution is 0.132. The van der Waals surface area contributed by atoms with Crippen molar-refractivity contribution in [3.8, 4) is 5.75 Å². The largest absolute Gasteiger partial charge is 0.507 e. The molecule has 0 aliphatic carbocycles. The van der Waals surface area contributed by atoms with Crippen LogP contribution in [-0.2, 0) is 17.8 Å². The van der Waals surface area contributed by atoms with E-state index < -0.39 is 0 Å². The summed E-state index contributed by atoms with van der Waals surface area (Å²) < 4.78 is 5.27. The number of aromatic hydroxyl groups is 1. The Morgan fingerprint density at radius 3 is 2.67 bits per heavy atom. The smallest absolute Gasteiger partial charge is 0.124 e. The van der Waals surface area contributed by atoms with Crippen molar-refractivity contribution in [1.29, 1.82) is 0 Å². The summed E-state index contributed by atoms with van der Waals surface area (Å²) >= 11 is 0. The Balaban J connectivity index is 2.80. The highest BCUT2D eigenvalue weighted by Crippen LogP contribution is 2.24. The van der Waals surface area contributed by atoms with E-state index in [0.29, 0.717) is 25.4 Å². The van der Waals surface area contributed by atoms with Crippen LogP contribution in [0.1, 0.15) is 25.0 Å². The number of hydrogen-bond acceptors (Lipinski definition) is 3. The Bertz CT molecular complexity index is 310. The van der Waals surface area contributed by atoms with Gasteiger partial charge in [-0.1, -0.05) is 18.2 Å². The molecule has 0 aliphatic heterocycles. The van der Waals surface area contributed by atoms with Crippen molar-refractivity contribution in [1.82, 2.24) is 0 Å². The average molecular weight is 209 g/mol. The molecule has 3 heteroatoms. The van der Waals surface area contributed by atoms with Crippen LogP contribution in [0.15, 0.2) is 18.2 Å². The lowest BCUT2D eigenvalue weighted by Gasteiger charge is -2.11. The topological polar surface area (TPSA) is 55.5 Å². The molecule has 84 valence electrons. The number of hydrogen-bond donors (Lipinski definition) is 2. The van der Waals surface area contributed by atoms with Crippen LogP contribution in [0.3, 0.4) is 0 Å². The molecule has 3 nitrogen and oxygen atoms in total. The molecule has 0 heterocycles. The van der Waals surface area contributed by atoms with Crippen molar-refractivity contribution in [2.24, 2.45) is 5.73 Å². The highest BCUT2D eigenvalue weighted by Gasteiger charge is 2.08. The van der Waals surface area contributed by atoms with Gasteiger partial charge in [-0.3, -0.25) is 0 Å². The van der Waals surface area contributed by atoms with Gasteiger partial charge in [-0.25, -0.2) is 0 Å². The van der Waals surface area contributed by atoms with Gasteiger partial charge < -0.3 is 15.6 Å². The van der Waals surface area contributed by atoms with Crippen molar-refractivity contribution >= 4 is 0 Å². The first-order valence-corrected chi connectivity index (χ1v) is 5.28. The molecule has 3 N–H and O–H groups in total. The van der Waals surface area contributed by atoms with E-state index in [4.69, 9.17) is 10.5 Å². The fourth-order valence-corrected chi connectivity index (χ4v) is 1.48. The Morgan fingerprint density at radius 1 is 1.40 bits per heavy atom. The third-order valence-electron chi connectivity index (χ3n) is 2.21. The number of phenols is 1.